The molecule has 126 valence electrons. The van der Waals surface area contributed by atoms with Gasteiger partial charge in [0.1, 0.15) is 5.75 Å². The van der Waals surface area contributed by atoms with Crippen LogP contribution in [-0.2, 0) is 11.2 Å². The standard InChI is InChI=1S/C20H17NO4/c22-18-12-15-4-2-1-3-14(15)11-17(18)20(25)21-16-8-5-13(6-9-16)7-10-19(23)24/h1-6,8-9,11-12,22H,7,10H2,(H,21,25)(H,23,24). The number of anilines is 1. The molecule has 0 unspecified atom stereocenters. The number of aliphatic carboxylic acids is 1. The van der Waals surface area contributed by atoms with E-state index in [4.69, 9.17) is 5.11 Å². The first-order chi connectivity index (χ1) is 12.0. The Morgan fingerprint density at radius 1 is 0.920 bits per heavy atom. The highest BCUT2D eigenvalue weighted by Crippen LogP contribution is 2.26. The van der Waals surface area contributed by atoms with Gasteiger partial charge in [-0.15, -0.1) is 0 Å². The zero-order chi connectivity index (χ0) is 17.8. The van der Waals surface area contributed by atoms with Crippen LogP contribution in [0.3, 0.4) is 0 Å². The molecular weight excluding hydrogens is 318 g/mol. The van der Waals surface area contributed by atoms with Gasteiger partial charge in [-0.3, -0.25) is 9.59 Å². The number of carbonyl (C=O) groups is 2. The molecule has 0 atom stereocenters. The normalized spacial score (nSPS) is 10.6. The number of carbonyl (C=O) groups excluding carboxylic acids is 1. The van der Waals surface area contributed by atoms with E-state index < -0.39 is 11.9 Å². The summed E-state index contributed by atoms with van der Waals surface area (Å²) in [5.41, 5.74) is 1.67. The van der Waals surface area contributed by atoms with E-state index in [0.717, 1.165) is 16.3 Å². The third-order valence-electron chi connectivity index (χ3n) is 3.95. The lowest BCUT2D eigenvalue weighted by Gasteiger charge is -2.09. The van der Waals surface area contributed by atoms with E-state index in [9.17, 15) is 14.7 Å². The maximum absolute atomic E-state index is 12.4. The fourth-order valence-electron chi connectivity index (χ4n) is 2.61. The summed E-state index contributed by atoms with van der Waals surface area (Å²) in [6.07, 6.45) is 0.506. The van der Waals surface area contributed by atoms with Crippen LogP contribution in [0.15, 0.2) is 60.7 Å². The summed E-state index contributed by atoms with van der Waals surface area (Å²) in [6.45, 7) is 0. The second kappa shape index (κ2) is 7.05. The highest BCUT2D eigenvalue weighted by molar-refractivity contribution is 6.08. The number of rotatable bonds is 5. The van der Waals surface area contributed by atoms with Crippen molar-refractivity contribution >= 4 is 28.3 Å². The Bertz CT molecular complexity index is 932. The molecule has 3 N–H and O–H groups in total. The summed E-state index contributed by atoms with van der Waals surface area (Å²) in [5.74, 6) is -1.32. The molecule has 0 radical (unpaired) electrons. The molecule has 0 saturated heterocycles. The van der Waals surface area contributed by atoms with Crippen LogP contribution in [0, 0.1) is 0 Å². The van der Waals surface area contributed by atoms with E-state index in [2.05, 4.69) is 5.32 Å². The third-order valence-corrected chi connectivity index (χ3v) is 3.95. The SMILES string of the molecule is O=C(O)CCc1ccc(NC(=O)c2cc3ccccc3cc2O)cc1. The first-order valence-corrected chi connectivity index (χ1v) is 7.87. The van der Waals surface area contributed by atoms with E-state index >= 15 is 0 Å². The lowest BCUT2D eigenvalue weighted by molar-refractivity contribution is -0.136. The number of aromatic hydroxyl groups is 1. The zero-order valence-corrected chi connectivity index (χ0v) is 13.4. The molecule has 0 aliphatic rings. The number of aryl methyl sites for hydroxylation is 1. The molecule has 5 heteroatoms. The summed E-state index contributed by atoms with van der Waals surface area (Å²) in [6, 6.07) is 17.7. The van der Waals surface area contributed by atoms with E-state index in [-0.39, 0.29) is 17.7 Å². The number of phenols is 1. The molecule has 3 aromatic carbocycles. The predicted molar refractivity (Wildman–Crippen MR) is 96.0 cm³/mol. The Hall–Kier alpha value is -3.34. The lowest BCUT2D eigenvalue weighted by atomic mass is 10.1. The Labute approximate surface area is 144 Å². The van der Waals surface area contributed by atoms with E-state index in [1.807, 2.05) is 24.3 Å². The molecule has 0 aliphatic carbocycles. The molecular formula is C20H17NO4. The first-order valence-electron chi connectivity index (χ1n) is 7.87. The predicted octanol–water partition coefficient (Wildman–Crippen LogP) is 3.81. The van der Waals surface area contributed by atoms with Gasteiger partial charge in [-0.25, -0.2) is 0 Å². The van der Waals surface area contributed by atoms with Crippen LogP contribution in [-0.4, -0.2) is 22.1 Å². The van der Waals surface area contributed by atoms with Gasteiger partial charge in [0.15, 0.2) is 0 Å². The second-order valence-corrected chi connectivity index (χ2v) is 5.76. The molecule has 0 spiro atoms. The molecule has 1 amide bonds. The first kappa shape index (κ1) is 16.5. The third kappa shape index (κ3) is 3.95. The highest BCUT2D eigenvalue weighted by Gasteiger charge is 2.13. The van der Waals surface area contributed by atoms with Crippen molar-refractivity contribution in [2.75, 3.05) is 5.32 Å². The summed E-state index contributed by atoms with van der Waals surface area (Å²) in [4.78, 5) is 23.0. The fraction of sp³-hybridized carbons (Fsp3) is 0.100. The number of hydrogen-bond donors (Lipinski definition) is 3. The van der Waals surface area contributed by atoms with Crippen molar-refractivity contribution in [2.24, 2.45) is 0 Å². The van der Waals surface area contributed by atoms with Gasteiger partial charge in [0.05, 0.1) is 5.56 Å². The quantitative estimate of drug-likeness (QED) is 0.661. The van der Waals surface area contributed by atoms with Crippen LogP contribution >= 0.6 is 0 Å². The molecule has 0 fully saturated rings. The lowest BCUT2D eigenvalue weighted by Crippen LogP contribution is -2.12. The van der Waals surface area contributed by atoms with E-state index in [1.54, 1.807) is 36.4 Å². The van der Waals surface area contributed by atoms with Crippen LogP contribution in [0.4, 0.5) is 5.69 Å². The Balaban J connectivity index is 1.76. The van der Waals surface area contributed by atoms with Gasteiger partial charge >= 0.3 is 5.97 Å². The summed E-state index contributed by atoms with van der Waals surface area (Å²) in [5, 5.41) is 23.3. The fourth-order valence-corrected chi connectivity index (χ4v) is 2.61. The van der Waals surface area contributed by atoms with Gasteiger partial charge in [0, 0.05) is 12.1 Å². The van der Waals surface area contributed by atoms with Gasteiger partial charge in [-0.1, -0.05) is 36.4 Å². The van der Waals surface area contributed by atoms with Crippen molar-refractivity contribution in [3.05, 3.63) is 71.8 Å². The number of hydrogen-bond acceptors (Lipinski definition) is 3. The molecule has 0 aliphatic heterocycles. The molecule has 25 heavy (non-hydrogen) atoms. The Morgan fingerprint density at radius 2 is 1.56 bits per heavy atom. The van der Waals surface area contributed by atoms with Crippen LogP contribution in [0.5, 0.6) is 5.75 Å². The number of carboxylic acids is 1. The zero-order valence-electron chi connectivity index (χ0n) is 13.4. The number of carboxylic acid groups (broad SMARTS) is 1. The smallest absolute Gasteiger partial charge is 0.303 e. The number of phenolic OH excluding ortho intramolecular Hbond substituents is 1. The summed E-state index contributed by atoms with van der Waals surface area (Å²) < 4.78 is 0. The molecule has 5 nitrogen and oxygen atoms in total. The van der Waals surface area contributed by atoms with Crippen LogP contribution in [0.2, 0.25) is 0 Å². The van der Waals surface area contributed by atoms with Crippen molar-refractivity contribution < 1.29 is 19.8 Å². The molecule has 0 heterocycles. The minimum atomic E-state index is -0.843. The number of fused-ring (bicyclic) bond motifs is 1. The minimum absolute atomic E-state index is 0.0661. The monoisotopic (exact) mass is 335 g/mol. The summed E-state index contributed by atoms with van der Waals surface area (Å²) >= 11 is 0. The van der Waals surface area contributed by atoms with Crippen molar-refractivity contribution in [3.8, 4) is 5.75 Å². The van der Waals surface area contributed by atoms with Gasteiger partial charge in [0.2, 0.25) is 0 Å². The Kier molecular flexibility index (Phi) is 4.66. The van der Waals surface area contributed by atoms with Crippen LogP contribution in [0.1, 0.15) is 22.3 Å². The van der Waals surface area contributed by atoms with Gasteiger partial charge in [-0.2, -0.15) is 0 Å². The Morgan fingerprint density at radius 3 is 2.20 bits per heavy atom. The number of amides is 1. The average Bonchev–Trinajstić information content (AvgIpc) is 2.60. The average molecular weight is 335 g/mol. The van der Waals surface area contributed by atoms with Crippen molar-refractivity contribution in [3.63, 3.8) is 0 Å². The maximum Gasteiger partial charge on any atom is 0.303 e. The van der Waals surface area contributed by atoms with Crippen molar-refractivity contribution in [2.45, 2.75) is 12.8 Å². The number of nitrogens with one attached hydrogen (secondary N) is 1. The van der Waals surface area contributed by atoms with Gasteiger partial charge in [0.25, 0.3) is 5.91 Å². The van der Waals surface area contributed by atoms with Crippen LogP contribution < -0.4 is 5.32 Å². The van der Waals surface area contributed by atoms with E-state index in [1.165, 1.54) is 0 Å². The number of benzene rings is 3. The maximum atomic E-state index is 12.4. The second-order valence-electron chi connectivity index (χ2n) is 5.76. The van der Waals surface area contributed by atoms with Crippen molar-refractivity contribution in [1.82, 2.24) is 0 Å². The van der Waals surface area contributed by atoms with Crippen molar-refractivity contribution in [1.29, 1.82) is 0 Å². The topological polar surface area (TPSA) is 86.6 Å². The van der Waals surface area contributed by atoms with Gasteiger partial charge in [-0.05, 0) is 47.0 Å². The van der Waals surface area contributed by atoms with Gasteiger partial charge < -0.3 is 15.5 Å². The molecule has 3 aromatic rings. The van der Waals surface area contributed by atoms with E-state index in [0.29, 0.717) is 12.1 Å². The largest absolute Gasteiger partial charge is 0.507 e. The molecule has 0 bridgehead atoms. The summed E-state index contributed by atoms with van der Waals surface area (Å²) in [7, 11) is 0. The van der Waals surface area contributed by atoms with Crippen LogP contribution in [0.25, 0.3) is 10.8 Å². The minimum Gasteiger partial charge on any atom is -0.507 e. The highest BCUT2D eigenvalue weighted by atomic mass is 16.4. The molecule has 0 saturated carbocycles. The molecule has 0 aromatic heterocycles. The molecule has 3 rings (SSSR count).